The standard InChI is InChI=1S/C13H16FNO2S/c1-10(8-11-4-2-3-5-13(11)14)15-12-6-7-18(16,17)9-12/h2-7,10,12,15H,8-9H2,1H3. The molecule has 1 N–H and O–H groups in total. The molecule has 1 aromatic rings. The van der Waals surface area contributed by atoms with E-state index in [2.05, 4.69) is 5.32 Å². The second-order valence-corrected chi connectivity index (χ2v) is 6.56. The molecule has 2 atom stereocenters. The molecule has 0 spiro atoms. The van der Waals surface area contributed by atoms with Gasteiger partial charge in [0.2, 0.25) is 0 Å². The van der Waals surface area contributed by atoms with E-state index in [1.54, 1.807) is 24.3 Å². The highest BCUT2D eigenvalue weighted by Crippen LogP contribution is 2.12. The molecule has 0 fully saturated rings. The highest BCUT2D eigenvalue weighted by atomic mass is 32.2. The number of hydrogen-bond acceptors (Lipinski definition) is 3. The van der Waals surface area contributed by atoms with Crippen LogP contribution in [0, 0.1) is 5.82 Å². The van der Waals surface area contributed by atoms with Gasteiger partial charge in [-0.15, -0.1) is 0 Å². The molecule has 0 saturated carbocycles. The first-order valence-electron chi connectivity index (χ1n) is 5.87. The molecule has 1 aliphatic heterocycles. The van der Waals surface area contributed by atoms with Crippen LogP contribution in [0.3, 0.4) is 0 Å². The van der Waals surface area contributed by atoms with Gasteiger partial charge in [-0.05, 0) is 25.0 Å². The van der Waals surface area contributed by atoms with E-state index in [0.29, 0.717) is 12.0 Å². The Bertz CT molecular complexity index is 554. The molecule has 5 heteroatoms. The van der Waals surface area contributed by atoms with Gasteiger partial charge in [0, 0.05) is 17.5 Å². The maximum atomic E-state index is 13.4. The molecule has 98 valence electrons. The number of halogens is 1. The third-order valence-corrected chi connectivity index (χ3v) is 4.31. The second-order valence-electron chi connectivity index (χ2n) is 4.63. The minimum absolute atomic E-state index is 0.0184. The van der Waals surface area contributed by atoms with Gasteiger partial charge >= 0.3 is 0 Å². The maximum Gasteiger partial charge on any atom is 0.173 e. The summed E-state index contributed by atoms with van der Waals surface area (Å²) < 4.78 is 35.9. The number of rotatable bonds is 4. The van der Waals surface area contributed by atoms with Gasteiger partial charge in [0.05, 0.1) is 5.75 Å². The molecule has 3 nitrogen and oxygen atoms in total. The zero-order valence-electron chi connectivity index (χ0n) is 10.1. The van der Waals surface area contributed by atoms with E-state index in [1.807, 2.05) is 6.92 Å². The molecular weight excluding hydrogens is 253 g/mol. The summed E-state index contributed by atoms with van der Waals surface area (Å²) >= 11 is 0. The van der Waals surface area contributed by atoms with Crippen LogP contribution in [0.25, 0.3) is 0 Å². The highest BCUT2D eigenvalue weighted by Gasteiger charge is 2.22. The van der Waals surface area contributed by atoms with Gasteiger partial charge < -0.3 is 5.32 Å². The van der Waals surface area contributed by atoms with E-state index in [0.717, 1.165) is 0 Å². The van der Waals surface area contributed by atoms with Gasteiger partial charge in [-0.25, -0.2) is 12.8 Å². The first-order chi connectivity index (χ1) is 8.46. The van der Waals surface area contributed by atoms with Crippen molar-refractivity contribution in [3.8, 4) is 0 Å². The van der Waals surface area contributed by atoms with Crippen molar-refractivity contribution in [2.75, 3.05) is 5.75 Å². The zero-order chi connectivity index (χ0) is 13.2. The summed E-state index contributed by atoms with van der Waals surface area (Å²) in [5, 5.41) is 4.41. The summed E-state index contributed by atoms with van der Waals surface area (Å²) in [7, 11) is -3.04. The first kappa shape index (κ1) is 13.2. The lowest BCUT2D eigenvalue weighted by Crippen LogP contribution is -2.38. The predicted octanol–water partition coefficient (Wildman–Crippen LogP) is 1.66. The largest absolute Gasteiger partial charge is 0.307 e. The molecule has 2 rings (SSSR count). The number of benzene rings is 1. The van der Waals surface area contributed by atoms with Gasteiger partial charge in [-0.2, -0.15) is 0 Å². The van der Waals surface area contributed by atoms with E-state index in [1.165, 1.54) is 11.5 Å². The van der Waals surface area contributed by atoms with Crippen molar-refractivity contribution < 1.29 is 12.8 Å². The second kappa shape index (κ2) is 5.20. The fourth-order valence-electron chi connectivity index (χ4n) is 2.10. The van der Waals surface area contributed by atoms with Gasteiger partial charge in [0.25, 0.3) is 0 Å². The van der Waals surface area contributed by atoms with Crippen molar-refractivity contribution >= 4 is 9.84 Å². The molecule has 0 bridgehead atoms. The van der Waals surface area contributed by atoms with Crippen molar-refractivity contribution in [1.82, 2.24) is 5.32 Å². The fraction of sp³-hybridized carbons (Fsp3) is 0.385. The quantitative estimate of drug-likeness (QED) is 0.904. The van der Waals surface area contributed by atoms with E-state index in [4.69, 9.17) is 0 Å². The number of hydrogen-bond donors (Lipinski definition) is 1. The van der Waals surface area contributed by atoms with Crippen molar-refractivity contribution in [2.24, 2.45) is 0 Å². The first-order valence-corrected chi connectivity index (χ1v) is 7.58. The van der Waals surface area contributed by atoms with Crippen LogP contribution in [0.4, 0.5) is 4.39 Å². The Labute approximate surface area is 107 Å². The molecule has 1 aliphatic rings. The van der Waals surface area contributed by atoms with Crippen molar-refractivity contribution in [3.63, 3.8) is 0 Å². The molecule has 2 unspecified atom stereocenters. The summed E-state index contributed by atoms with van der Waals surface area (Å²) in [4.78, 5) is 0. The molecule has 0 aromatic heterocycles. The Morgan fingerprint density at radius 1 is 1.44 bits per heavy atom. The lowest BCUT2D eigenvalue weighted by atomic mass is 10.1. The van der Waals surface area contributed by atoms with Crippen LogP contribution in [0.2, 0.25) is 0 Å². The SMILES string of the molecule is CC(Cc1ccccc1F)NC1C=CS(=O)(=O)C1. The molecule has 0 saturated heterocycles. The Morgan fingerprint density at radius 3 is 2.78 bits per heavy atom. The molecule has 1 heterocycles. The summed E-state index contributed by atoms with van der Waals surface area (Å²) in [6.07, 6.45) is 2.18. The van der Waals surface area contributed by atoms with Crippen molar-refractivity contribution in [1.29, 1.82) is 0 Å². The van der Waals surface area contributed by atoms with Crippen LogP contribution in [-0.2, 0) is 16.3 Å². The van der Waals surface area contributed by atoms with Gasteiger partial charge in [0.15, 0.2) is 9.84 Å². The topological polar surface area (TPSA) is 46.2 Å². The van der Waals surface area contributed by atoms with Crippen LogP contribution in [-0.4, -0.2) is 26.3 Å². The summed E-state index contributed by atoms with van der Waals surface area (Å²) in [5.41, 5.74) is 0.641. The van der Waals surface area contributed by atoms with E-state index >= 15 is 0 Å². The molecule has 1 aromatic carbocycles. The third kappa shape index (κ3) is 3.40. The Morgan fingerprint density at radius 2 is 2.17 bits per heavy atom. The monoisotopic (exact) mass is 269 g/mol. The fourth-order valence-corrected chi connectivity index (χ4v) is 3.35. The molecular formula is C13H16FNO2S. The Hall–Kier alpha value is -1.20. The normalized spacial score (nSPS) is 23.1. The molecule has 0 aliphatic carbocycles. The number of sulfone groups is 1. The van der Waals surface area contributed by atoms with Gasteiger partial charge in [-0.3, -0.25) is 0 Å². The summed E-state index contributed by atoms with van der Waals surface area (Å²) in [5.74, 6) is -0.130. The summed E-state index contributed by atoms with van der Waals surface area (Å²) in [6.45, 7) is 1.92. The van der Waals surface area contributed by atoms with E-state index in [-0.39, 0.29) is 23.7 Å². The van der Waals surface area contributed by atoms with Crippen LogP contribution in [0.5, 0.6) is 0 Å². The molecule has 0 amide bonds. The minimum atomic E-state index is -3.04. The van der Waals surface area contributed by atoms with Crippen LogP contribution in [0.15, 0.2) is 35.7 Å². The highest BCUT2D eigenvalue weighted by molar-refractivity contribution is 7.94. The average Bonchev–Trinajstić information content (AvgIpc) is 2.61. The Balaban J connectivity index is 1.92. The van der Waals surface area contributed by atoms with E-state index < -0.39 is 9.84 Å². The average molecular weight is 269 g/mol. The van der Waals surface area contributed by atoms with Crippen molar-refractivity contribution in [3.05, 3.63) is 47.1 Å². The molecule has 0 radical (unpaired) electrons. The van der Waals surface area contributed by atoms with Gasteiger partial charge in [0.1, 0.15) is 5.82 Å². The minimum Gasteiger partial charge on any atom is -0.307 e. The predicted molar refractivity (Wildman–Crippen MR) is 69.4 cm³/mol. The smallest absolute Gasteiger partial charge is 0.173 e. The zero-order valence-corrected chi connectivity index (χ0v) is 11.0. The Kier molecular flexibility index (Phi) is 3.82. The maximum absolute atomic E-state index is 13.4. The third-order valence-electron chi connectivity index (χ3n) is 2.91. The lowest BCUT2D eigenvalue weighted by Gasteiger charge is -2.18. The van der Waals surface area contributed by atoms with Crippen LogP contribution >= 0.6 is 0 Å². The summed E-state index contributed by atoms with van der Waals surface area (Å²) in [6, 6.07) is 6.48. The van der Waals surface area contributed by atoms with Crippen LogP contribution < -0.4 is 5.32 Å². The van der Waals surface area contributed by atoms with E-state index in [9.17, 15) is 12.8 Å². The van der Waals surface area contributed by atoms with Gasteiger partial charge in [-0.1, -0.05) is 24.3 Å². The molecule has 18 heavy (non-hydrogen) atoms. The van der Waals surface area contributed by atoms with Crippen molar-refractivity contribution in [2.45, 2.75) is 25.4 Å². The number of nitrogens with one attached hydrogen (secondary N) is 1. The lowest BCUT2D eigenvalue weighted by molar-refractivity contribution is 0.502. The van der Waals surface area contributed by atoms with Crippen LogP contribution in [0.1, 0.15) is 12.5 Å².